The molecule has 106 valence electrons. The van der Waals surface area contributed by atoms with Crippen molar-refractivity contribution >= 4 is 46.5 Å². The lowest BCUT2D eigenvalue weighted by Gasteiger charge is -2.03. The first-order chi connectivity index (χ1) is 9.78. The third kappa shape index (κ3) is 5.15. The van der Waals surface area contributed by atoms with E-state index in [1.54, 1.807) is 34.9 Å². The molecule has 0 aliphatic carbocycles. The Kier molecular flexibility index (Phi) is 6.35. The average Bonchev–Trinajstić information content (AvgIpc) is 2.88. The molecule has 1 aromatic heterocycles. The zero-order valence-electron chi connectivity index (χ0n) is 11.0. The minimum atomic E-state index is 0.0244. The van der Waals surface area contributed by atoms with Crippen molar-refractivity contribution in [2.24, 2.45) is 0 Å². The van der Waals surface area contributed by atoms with Crippen molar-refractivity contribution in [1.29, 1.82) is 0 Å². The summed E-state index contributed by atoms with van der Waals surface area (Å²) in [5.74, 6) is 1.74. The molecule has 0 aliphatic rings. The van der Waals surface area contributed by atoms with Crippen LogP contribution in [0.3, 0.4) is 0 Å². The van der Waals surface area contributed by atoms with Crippen LogP contribution in [0.15, 0.2) is 39.0 Å². The largest absolute Gasteiger partial charge is 0.326 e. The maximum atomic E-state index is 11.7. The van der Waals surface area contributed by atoms with Gasteiger partial charge in [0.15, 0.2) is 8.68 Å². The van der Waals surface area contributed by atoms with Crippen LogP contribution in [0.2, 0.25) is 0 Å². The third-order valence-corrected chi connectivity index (χ3v) is 5.34. The highest BCUT2D eigenvalue weighted by molar-refractivity contribution is 8.03. The van der Waals surface area contributed by atoms with Crippen LogP contribution in [0.5, 0.6) is 0 Å². The van der Waals surface area contributed by atoms with Crippen molar-refractivity contribution in [3.05, 3.63) is 30.3 Å². The van der Waals surface area contributed by atoms with Crippen molar-refractivity contribution in [2.75, 3.05) is 16.8 Å². The zero-order valence-corrected chi connectivity index (χ0v) is 13.5. The number of benzene rings is 1. The molecule has 1 N–H and O–H groups in total. The first-order valence-electron chi connectivity index (χ1n) is 6.22. The van der Waals surface area contributed by atoms with E-state index in [-0.39, 0.29) is 5.91 Å². The molecule has 0 aliphatic heterocycles. The van der Waals surface area contributed by atoms with Gasteiger partial charge in [0.25, 0.3) is 0 Å². The molecule has 1 amide bonds. The molecule has 4 nitrogen and oxygen atoms in total. The van der Waals surface area contributed by atoms with Crippen LogP contribution in [0.1, 0.15) is 13.3 Å². The van der Waals surface area contributed by atoms with Crippen molar-refractivity contribution in [2.45, 2.75) is 22.0 Å². The lowest BCUT2D eigenvalue weighted by Crippen LogP contribution is -2.11. The Morgan fingerprint density at radius 2 is 1.90 bits per heavy atom. The molecule has 0 radical (unpaired) electrons. The number of nitrogens with one attached hydrogen (secondary N) is 1. The number of para-hydroxylation sites is 1. The Morgan fingerprint density at radius 1 is 1.20 bits per heavy atom. The SMILES string of the molecule is CCSc1nnc(SCCC(=O)Nc2ccccc2)s1. The van der Waals surface area contributed by atoms with Gasteiger partial charge in [0.05, 0.1) is 0 Å². The fourth-order valence-corrected chi connectivity index (χ4v) is 4.34. The van der Waals surface area contributed by atoms with Gasteiger partial charge in [-0.15, -0.1) is 10.2 Å². The molecular formula is C13H15N3OS3. The van der Waals surface area contributed by atoms with Gasteiger partial charge in [0.1, 0.15) is 0 Å². The smallest absolute Gasteiger partial charge is 0.225 e. The Morgan fingerprint density at radius 3 is 2.60 bits per heavy atom. The Hall–Kier alpha value is -1.05. The van der Waals surface area contributed by atoms with E-state index < -0.39 is 0 Å². The molecule has 1 aromatic carbocycles. The van der Waals surface area contributed by atoms with E-state index in [0.29, 0.717) is 12.2 Å². The quantitative estimate of drug-likeness (QED) is 0.785. The van der Waals surface area contributed by atoms with Crippen molar-refractivity contribution in [3.63, 3.8) is 0 Å². The summed E-state index contributed by atoms with van der Waals surface area (Å²) < 4.78 is 1.91. The van der Waals surface area contributed by atoms with Gasteiger partial charge in [-0.25, -0.2) is 0 Å². The van der Waals surface area contributed by atoms with E-state index in [2.05, 4.69) is 22.4 Å². The second kappa shape index (κ2) is 8.28. The molecule has 0 atom stereocenters. The monoisotopic (exact) mass is 325 g/mol. The lowest BCUT2D eigenvalue weighted by atomic mass is 10.3. The van der Waals surface area contributed by atoms with E-state index in [1.165, 1.54) is 0 Å². The van der Waals surface area contributed by atoms with Gasteiger partial charge in [-0.1, -0.05) is 60.0 Å². The van der Waals surface area contributed by atoms with Gasteiger partial charge in [0, 0.05) is 17.9 Å². The summed E-state index contributed by atoms with van der Waals surface area (Å²) in [6, 6.07) is 9.48. The first-order valence-corrected chi connectivity index (χ1v) is 9.00. The van der Waals surface area contributed by atoms with E-state index in [9.17, 15) is 4.79 Å². The Balaban J connectivity index is 1.71. The van der Waals surface area contributed by atoms with Crippen LogP contribution in [-0.2, 0) is 4.79 Å². The summed E-state index contributed by atoms with van der Waals surface area (Å²) in [4.78, 5) is 11.7. The van der Waals surface area contributed by atoms with Crippen LogP contribution < -0.4 is 5.32 Å². The van der Waals surface area contributed by atoms with Crippen LogP contribution in [0.25, 0.3) is 0 Å². The highest BCUT2D eigenvalue weighted by Gasteiger charge is 2.07. The summed E-state index contributed by atoms with van der Waals surface area (Å²) in [5, 5.41) is 11.0. The van der Waals surface area contributed by atoms with E-state index in [0.717, 1.165) is 20.1 Å². The van der Waals surface area contributed by atoms with Gasteiger partial charge >= 0.3 is 0 Å². The standard InChI is InChI=1S/C13H15N3OS3/c1-2-18-12-15-16-13(20-12)19-9-8-11(17)14-10-6-4-3-5-7-10/h3-7H,2,8-9H2,1H3,(H,14,17). The molecule has 2 aromatic rings. The highest BCUT2D eigenvalue weighted by atomic mass is 32.2. The molecule has 0 unspecified atom stereocenters. The Labute approximate surface area is 130 Å². The second-order valence-electron chi connectivity index (χ2n) is 3.78. The molecule has 0 fully saturated rings. The molecule has 0 spiro atoms. The fourth-order valence-electron chi connectivity index (χ4n) is 1.41. The maximum absolute atomic E-state index is 11.7. The molecule has 0 saturated carbocycles. The second-order valence-corrected chi connectivity index (χ2v) is 7.61. The molecule has 0 bridgehead atoms. The highest BCUT2D eigenvalue weighted by Crippen LogP contribution is 2.28. The molecule has 0 saturated heterocycles. The number of anilines is 1. The normalized spacial score (nSPS) is 10.4. The number of hydrogen-bond acceptors (Lipinski definition) is 6. The number of aromatic nitrogens is 2. The molecule has 7 heteroatoms. The first kappa shape index (κ1) is 15.3. The molecular weight excluding hydrogens is 310 g/mol. The predicted molar refractivity (Wildman–Crippen MR) is 86.7 cm³/mol. The summed E-state index contributed by atoms with van der Waals surface area (Å²) in [6.45, 7) is 2.09. The fraction of sp³-hybridized carbons (Fsp3) is 0.308. The predicted octanol–water partition coefficient (Wildman–Crippen LogP) is 3.77. The van der Waals surface area contributed by atoms with Crippen LogP contribution in [0.4, 0.5) is 5.69 Å². The molecule has 2 rings (SSSR count). The van der Waals surface area contributed by atoms with Gasteiger partial charge in [-0.2, -0.15) is 0 Å². The number of hydrogen-bond donors (Lipinski definition) is 1. The number of nitrogens with zero attached hydrogens (tertiary/aromatic N) is 2. The number of thioether (sulfide) groups is 2. The number of carbonyl (C=O) groups excluding carboxylic acids is 1. The van der Waals surface area contributed by atoms with E-state index in [1.807, 2.05) is 30.3 Å². The van der Waals surface area contributed by atoms with Crippen molar-refractivity contribution in [1.82, 2.24) is 10.2 Å². The minimum absolute atomic E-state index is 0.0244. The Bertz CT molecular complexity index is 545. The molecule has 1 heterocycles. The van der Waals surface area contributed by atoms with Crippen LogP contribution in [-0.4, -0.2) is 27.6 Å². The van der Waals surface area contributed by atoms with E-state index >= 15 is 0 Å². The van der Waals surface area contributed by atoms with Gasteiger partial charge in [-0.05, 0) is 17.9 Å². The summed E-state index contributed by atoms with van der Waals surface area (Å²) in [7, 11) is 0. The van der Waals surface area contributed by atoms with Crippen LogP contribution >= 0.6 is 34.9 Å². The lowest BCUT2D eigenvalue weighted by molar-refractivity contribution is -0.115. The maximum Gasteiger partial charge on any atom is 0.225 e. The summed E-state index contributed by atoms with van der Waals surface area (Å²) in [5.41, 5.74) is 0.833. The van der Waals surface area contributed by atoms with Crippen molar-refractivity contribution < 1.29 is 4.79 Å². The topological polar surface area (TPSA) is 54.9 Å². The van der Waals surface area contributed by atoms with Crippen molar-refractivity contribution in [3.8, 4) is 0 Å². The van der Waals surface area contributed by atoms with Crippen LogP contribution in [0, 0.1) is 0 Å². The number of amides is 1. The van der Waals surface area contributed by atoms with E-state index in [4.69, 9.17) is 0 Å². The summed E-state index contributed by atoms with van der Waals surface area (Å²) in [6.07, 6.45) is 0.468. The van der Waals surface area contributed by atoms with Gasteiger partial charge < -0.3 is 5.32 Å². The van der Waals surface area contributed by atoms with Gasteiger partial charge in [0.2, 0.25) is 5.91 Å². The number of carbonyl (C=O) groups is 1. The summed E-state index contributed by atoms with van der Waals surface area (Å²) >= 11 is 4.85. The van der Waals surface area contributed by atoms with Gasteiger partial charge in [-0.3, -0.25) is 4.79 Å². The molecule has 20 heavy (non-hydrogen) atoms. The average molecular weight is 325 g/mol. The minimum Gasteiger partial charge on any atom is -0.326 e. The number of rotatable bonds is 7. The zero-order chi connectivity index (χ0) is 14.2. The third-order valence-electron chi connectivity index (χ3n) is 2.27.